The molecule has 1 heterocycles. The van der Waals surface area contributed by atoms with Crippen molar-refractivity contribution < 1.29 is 24.1 Å². The topological polar surface area (TPSA) is 63.6 Å². The van der Waals surface area contributed by atoms with E-state index >= 15 is 0 Å². The molecule has 0 aliphatic carbocycles. The van der Waals surface area contributed by atoms with Crippen LogP contribution in [0.15, 0.2) is 42.5 Å². The molecule has 0 bridgehead atoms. The number of piperazine rings is 1. The SMILES string of the molecule is COc1ccc(N2CCN(CC(O)COCc3ccc(OC)c(OC)c3)CC2)cc1. The zero-order valence-electron chi connectivity index (χ0n) is 18.0. The summed E-state index contributed by atoms with van der Waals surface area (Å²) in [6.07, 6.45) is -0.516. The van der Waals surface area contributed by atoms with Crippen LogP contribution in [0, 0.1) is 0 Å². The summed E-state index contributed by atoms with van der Waals surface area (Å²) in [4.78, 5) is 4.64. The Balaban J connectivity index is 1.38. The average molecular weight is 417 g/mol. The number of hydrogen-bond acceptors (Lipinski definition) is 7. The van der Waals surface area contributed by atoms with E-state index in [1.54, 1.807) is 21.3 Å². The van der Waals surface area contributed by atoms with Crippen molar-refractivity contribution in [1.82, 2.24) is 4.90 Å². The van der Waals surface area contributed by atoms with Crippen LogP contribution in [0.3, 0.4) is 0 Å². The summed E-state index contributed by atoms with van der Waals surface area (Å²) in [5, 5.41) is 10.4. The Bertz CT molecular complexity index is 776. The van der Waals surface area contributed by atoms with E-state index < -0.39 is 6.10 Å². The van der Waals surface area contributed by atoms with E-state index in [1.165, 1.54) is 5.69 Å². The van der Waals surface area contributed by atoms with E-state index in [4.69, 9.17) is 18.9 Å². The monoisotopic (exact) mass is 416 g/mol. The van der Waals surface area contributed by atoms with E-state index in [0.29, 0.717) is 31.3 Å². The van der Waals surface area contributed by atoms with Gasteiger partial charge in [0.05, 0.1) is 40.6 Å². The Morgan fingerprint density at radius 2 is 1.57 bits per heavy atom. The highest BCUT2D eigenvalue weighted by Gasteiger charge is 2.19. The van der Waals surface area contributed by atoms with Crippen LogP contribution >= 0.6 is 0 Å². The highest BCUT2D eigenvalue weighted by molar-refractivity contribution is 5.49. The first-order valence-electron chi connectivity index (χ1n) is 10.2. The van der Waals surface area contributed by atoms with Crippen molar-refractivity contribution in [1.29, 1.82) is 0 Å². The number of ether oxygens (including phenoxy) is 4. The fourth-order valence-electron chi connectivity index (χ4n) is 3.62. The number of hydrogen-bond donors (Lipinski definition) is 1. The summed E-state index contributed by atoms with van der Waals surface area (Å²) >= 11 is 0. The van der Waals surface area contributed by atoms with E-state index in [1.807, 2.05) is 30.3 Å². The van der Waals surface area contributed by atoms with Crippen molar-refractivity contribution in [2.75, 3.05) is 65.6 Å². The van der Waals surface area contributed by atoms with Gasteiger partial charge < -0.3 is 29.0 Å². The van der Waals surface area contributed by atoms with Crippen LogP contribution in [-0.2, 0) is 11.3 Å². The average Bonchev–Trinajstić information content (AvgIpc) is 2.79. The molecule has 1 atom stereocenters. The van der Waals surface area contributed by atoms with Gasteiger partial charge in [-0.05, 0) is 42.0 Å². The van der Waals surface area contributed by atoms with Crippen molar-refractivity contribution >= 4 is 5.69 Å². The number of anilines is 1. The van der Waals surface area contributed by atoms with Gasteiger partial charge in [-0.3, -0.25) is 4.90 Å². The summed E-state index contributed by atoms with van der Waals surface area (Å²) in [5.41, 5.74) is 2.18. The lowest BCUT2D eigenvalue weighted by molar-refractivity contribution is 0.00909. The molecule has 30 heavy (non-hydrogen) atoms. The molecule has 7 nitrogen and oxygen atoms in total. The van der Waals surface area contributed by atoms with E-state index in [9.17, 15) is 5.11 Å². The van der Waals surface area contributed by atoms with Crippen LogP contribution in [0.2, 0.25) is 0 Å². The maximum Gasteiger partial charge on any atom is 0.161 e. The molecule has 3 rings (SSSR count). The first kappa shape index (κ1) is 22.2. The van der Waals surface area contributed by atoms with Crippen LogP contribution in [0.25, 0.3) is 0 Å². The van der Waals surface area contributed by atoms with E-state index in [0.717, 1.165) is 37.5 Å². The summed E-state index contributed by atoms with van der Waals surface area (Å²) in [6, 6.07) is 13.8. The number of methoxy groups -OCH3 is 3. The largest absolute Gasteiger partial charge is 0.497 e. The minimum Gasteiger partial charge on any atom is -0.497 e. The second-order valence-electron chi connectivity index (χ2n) is 7.34. The third-order valence-electron chi connectivity index (χ3n) is 5.31. The van der Waals surface area contributed by atoms with Gasteiger partial charge in [0.15, 0.2) is 11.5 Å². The van der Waals surface area contributed by atoms with Gasteiger partial charge in [-0.25, -0.2) is 0 Å². The fraction of sp³-hybridized carbons (Fsp3) is 0.478. The third kappa shape index (κ3) is 6.01. The molecular formula is C23H32N2O5. The first-order chi connectivity index (χ1) is 14.6. The second kappa shape index (κ2) is 11.1. The lowest BCUT2D eigenvalue weighted by atomic mass is 10.2. The van der Waals surface area contributed by atoms with Crippen LogP contribution in [0.5, 0.6) is 17.2 Å². The van der Waals surface area contributed by atoms with Gasteiger partial charge in [-0.15, -0.1) is 0 Å². The van der Waals surface area contributed by atoms with Crippen molar-refractivity contribution in [2.24, 2.45) is 0 Å². The Hall–Kier alpha value is -2.48. The molecule has 2 aromatic carbocycles. The molecule has 1 N–H and O–H groups in total. The van der Waals surface area contributed by atoms with Gasteiger partial charge in [-0.1, -0.05) is 6.07 Å². The molecule has 0 saturated carbocycles. The molecule has 164 valence electrons. The summed E-state index contributed by atoms with van der Waals surface area (Å²) in [5.74, 6) is 2.23. The zero-order valence-corrected chi connectivity index (χ0v) is 18.0. The highest BCUT2D eigenvalue weighted by Crippen LogP contribution is 2.27. The minimum absolute atomic E-state index is 0.299. The van der Waals surface area contributed by atoms with Crippen molar-refractivity contribution in [3.63, 3.8) is 0 Å². The number of benzene rings is 2. The molecule has 0 radical (unpaired) electrons. The van der Waals surface area contributed by atoms with Gasteiger partial charge in [0.25, 0.3) is 0 Å². The lowest BCUT2D eigenvalue weighted by Gasteiger charge is -2.36. The Labute approximate surface area is 178 Å². The molecule has 1 fully saturated rings. The van der Waals surface area contributed by atoms with Crippen molar-refractivity contribution in [3.8, 4) is 17.2 Å². The molecule has 0 aromatic heterocycles. The van der Waals surface area contributed by atoms with Gasteiger partial charge in [0.2, 0.25) is 0 Å². The molecule has 0 spiro atoms. The van der Waals surface area contributed by atoms with E-state index in [2.05, 4.69) is 21.9 Å². The lowest BCUT2D eigenvalue weighted by Crippen LogP contribution is -2.49. The van der Waals surface area contributed by atoms with Crippen molar-refractivity contribution in [3.05, 3.63) is 48.0 Å². The summed E-state index contributed by atoms with van der Waals surface area (Å²) in [6.45, 7) is 5.03. The number of nitrogens with zero attached hydrogens (tertiary/aromatic N) is 2. The fourth-order valence-corrected chi connectivity index (χ4v) is 3.62. The predicted molar refractivity (Wildman–Crippen MR) is 117 cm³/mol. The quantitative estimate of drug-likeness (QED) is 0.638. The molecule has 7 heteroatoms. The molecule has 1 aliphatic heterocycles. The van der Waals surface area contributed by atoms with Gasteiger partial charge >= 0.3 is 0 Å². The second-order valence-corrected chi connectivity index (χ2v) is 7.34. The number of aliphatic hydroxyl groups excluding tert-OH is 1. The van der Waals surface area contributed by atoms with Crippen LogP contribution in [0.1, 0.15) is 5.56 Å². The molecule has 1 unspecified atom stereocenters. The van der Waals surface area contributed by atoms with Crippen LogP contribution in [0.4, 0.5) is 5.69 Å². The minimum atomic E-state index is -0.516. The molecule has 1 aliphatic rings. The summed E-state index contributed by atoms with van der Waals surface area (Å²) in [7, 11) is 4.90. The summed E-state index contributed by atoms with van der Waals surface area (Å²) < 4.78 is 21.5. The van der Waals surface area contributed by atoms with Crippen LogP contribution in [-0.4, -0.2) is 76.8 Å². The third-order valence-corrected chi connectivity index (χ3v) is 5.31. The van der Waals surface area contributed by atoms with Crippen molar-refractivity contribution in [2.45, 2.75) is 12.7 Å². The number of rotatable bonds is 10. The van der Waals surface area contributed by atoms with Gasteiger partial charge in [-0.2, -0.15) is 0 Å². The Morgan fingerprint density at radius 1 is 0.867 bits per heavy atom. The van der Waals surface area contributed by atoms with Gasteiger partial charge in [0.1, 0.15) is 5.75 Å². The Kier molecular flexibility index (Phi) is 8.19. The normalized spacial score (nSPS) is 15.7. The highest BCUT2D eigenvalue weighted by atomic mass is 16.5. The first-order valence-corrected chi connectivity index (χ1v) is 10.2. The molecule has 2 aromatic rings. The number of β-amino-alcohol motifs (C(OH)–C–C–N with tert-alkyl or cyclic N) is 1. The zero-order chi connectivity index (χ0) is 21.3. The maximum atomic E-state index is 10.4. The Morgan fingerprint density at radius 3 is 2.20 bits per heavy atom. The maximum absolute atomic E-state index is 10.4. The standard InChI is InChI=1S/C23H32N2O5/c1-27-21-7-5-19(6-8-21)25-12-10-24(11-13-25)15-20(26)17-30-16-18-4-9-22(28-2)23(14-18)29-3/h4-9,14,20,26H,10-13,15-17H2,1-3H3. The van der Waals surface area contributed by atoms with E-state index in [-0.39, 0.29) is 0 Å². The number of aliphatic hydroxyl groups is 1. The molecular weight excluding hydrogens is 384 g/mol. The van der Waals surface area contributed by atoms with Crippen LogP contribution < -0.4 is 19.1 Å². The molecule has 0 amide bonds. The smallest absolute Gasteiger partial charge is 0.161 e. The van der Waals surface area contributed by atoms with Gasteiger partial charge in [0, 0.05) is 38.4 Å². The molecule has 1 saturated heterocycles. The predicted octanol–water partition coefficient (Wildman–Crippen LogP) is 2.41.